The van der Waals surface area contributed by atoms with Crippen molar-refractivity contribution in [2.45, 2.75) is 33.1 Å². The van der Waals surface area contributed by atoms with Crippen LogP contribution in [0.4, 0.5) is 5.82 Å². The first kappa shape index (κ1) is 12.0. The molecule has 0 saturated heterocycles. The molecule has 2 aromatic heterocycles. The van der Waals surface area contributed by atoms with E-state index in [-0.39, 0.29) is 5.41 Å². The summed E-state index contributed by atoms with van der Waals surface area (Å²) in [6, 6.07) is 5.99. The molecule has 0 aliphatic rings. The van der Waals surface area contributed by atoms with Gasteiger partial charge in [-0.15, -0.1) is 11.3 Å². The molecular formula is C13H17N3S. The van der Waals surface area contributed by atoms with Crippen LogP contribution in [0, 0.1) is 6.92 Å². The van der Waals surface area contributed by atoms with Gasteiger partial charge in [-0.3, -0.25) is 0 Å². The minimum Gasteiger partial charge on any atom is -0.384 e. The molecule has 2 N–H and O–H groups in total. The van der Waals surface area contributed by atoms with E-state index in [2.05, 4.69) is 42.9 Å². The SMILES string of the molecule is Cc1cc(N)nc(-c2ccc(C(C)(C)C)s2)n1. The summed E-state index contributed by atoms with van der Waals surface area (Å²) in [5.74, 6) is 1.25. The zero-order valence-electron chi connectivity index (χ0n) is 10.6. The normalized spacial score (nSPS) is 11.8. The van der Waals surface area contributed by atoms with Crippen molar-refractivity contribution in [2.75, 3.05) is 5.73 Å². The molecule has 4 heteroatoms. The lowest BCUT2D eigenvalue weighted by Gasteiger charge is -2.15. The molecule has 0 aromatic carbocycles. The van der Waals surface area contributed by atoms with Crippen LogP contribution in [0.15, 0.2) is 18.2 Å². The number of anilines is 1. The summed E-state index contributed by atoms with van der Waals surface area (Å²) in [6.45, 7) is 8.54. The first-order chi connectivity index (χ1) is 7.86. The van der Waals surface area contributed by atoms with Crippen molar-refractivity contribution in [3.8, 4) is 10.7 Å². The lowest BCUT2D eigenvalue weighted by atomic mass is 9.95. The fraction of sp³-hybridized carbons (Fsp3) is 0.385. The van der Waals surface area contributed by atoms with Crippen molar-refractivity contribution in [3.05, 3.63) is 28.8 Å². The number of aromatic nitrogens is 2. The molecule has 0 aliphatic heterocycles. The van der Waals surface area contributed by atoms with Crippen LogP contribution in [0.3, 0.4) is 0 Å². The third kappa shape index (κ3) is 2.64. The van der Waals surface area contributed by atoms with E-state index in [0.717, 1.165) is 16.4 Å². The predicted octanol–water partition coefficient (Wildman–Crippen LogP) is 3.39. The Labute approximate surface area is 106 Å². The van der Waals surface area contributed by atoms with Gasteiger partial charge < -0.3 is 5.73 Å². The molecule has 0 atom stereocenters. The highest BCUT2D eigenvalue weighted by Crippen LogP contribution is 2.33. The Hall–Kier alpha value is -1.42. The van der Waals surface area contributed by atoms with Crippen molar-refractivity contribution < 1.29 is 0 Å². The average Bonchev–Trinajstić information content (AvgIpc) is 2.63. The van der Waals surface area contributed by atoms with Crippen LogP contribution in [0.1, 0.15) is 31.3 Å². The molecule has 0 saturated carbocycles. The Morgan fingerprint density at radius 3 is 2.41 bits per heavy atom. The summed E-state index contributed by atoms with van der Waals surface area (Å²) in [5, 5.41) is 0. The van der Waals surface area contributed by atoms with Gasteiger partial charge in [0.05, 0.1) is 4.88 Å². The molecule has 2 aromatic rings. The number of rotatable bonds is 1. The van der Waals surface area contributed by atoms with E-state index < -0.39 is 0 Å². The van der Waals surface area contributed by atoms with Gasteiger partial charge in [0.15, 0.2) is 5.82 Å². The summed E-state index contributed by atoms with van der Waals surface area (Å²) < 4.78 is 0. The van der Waals surface area contributed by atoms with Gasteiger partial charge in [-0.25, -0.2) is 9.97 Å². The maximum absolute atomic E-state index is 5.74. The van der Waals surface area contributed by atoms with Crippen molar-refractivity contribution in [1.82, 2.24) is 9.97 Å². The van der Waals surface area contributed by atoms with Gasteiger partial charge in [-0.2, -0.15) is 0 Å². The fourth-order valence-electron chi connectivity index (χ4n) is 1.56. The molecule has 0 bridgehead atoms. The number of nitrogens with zero attached hydrogens (tertiary/aromatic N) is 2. The number of hydrogen-bond acceptors (Lipinski definition) is 4. The van der Waals surface area contributed by atoms with Gasteiger partial charge >= 0.3 is 0 Å². The van der Waals surface area contributed by atoms with Crippen LogP contribution in [0.25, 0.3) is 10.7 Å². The Bertz CT molecular complexity index is 518. The van der Waals surface area contributed by atoms with E-state index in [0.29, 0.717) is 5.82 Å². The second kappa shape index (κ2) is 4.11. The summed E-state index contributed by atoms with van der Waals surface area (Å²) in [7, 11) is 0. The smallest absolute Gasteiger partial charge is 0.171 e. The van der Waals surface area contributed by atoms with Gasteiger partial charge in [-0.05, 0) is 24.5 Å². The molecule has 0 spiro atoms. The molecule has 0 fully saturated rings. The number of nitrogen functional groups attached to an aromatic ring is 1. The largest absolute Gasteiger partial charge is 0.384 e. The summed E-state index contributed by atoms with van der Waals surface area (Å²) >= 11 is 1.73. The molecule has 0 radical (unpaired) electrons. The lowest BCUT2D eigenvalue weighted by molar-refractivity contribution is 0.604. The Morgan fingerprint density at radius 1 is 1.18 bits per heavy atom. The van der Waals surface area contributed by atoms with Gasteiger partial charge in [0.2, 0.25) is 0 Å². The quantitative estimate of drug-likeness (QED) is 0.840. The molecule has 0 aliphatic carbocycles. The standard InChI is InChI=1S/C13H17N3S/c1-8-7-11(14)16-12(15-8)9-5-6-10(17-9)13(2,3)4/h5-7H,1-4H3,(H2,14,15,16). The lowest BCUT2D eigenvalue weighted by Crippen LogP contribution is -2.07. The predicted molar refractivity (Wildman–Crippen MR) is 73.2 cm³/mol. The van der Waals surface area contributed by atoms with Gasteiger partial charge in [0.1, 0.15) is 5.82 Å². The first-order valence-electron chi connectivity index (χ1n) is 5.58. The minimum absolute atomic E-state index is 0.165. The van der Waals surface area contributed by atoms with Crippen molar-refractivity contribution in [3.63, 3.8) is 0 Å². The van der Waals surface area contributed by atoms with Crippen molar-refractivity contribution in [2.24, 2.45) is 0 Å². The van der Waals surface area contributed by atoms with E-state index in [1.54, 1.807) is 17.4 Å². The molecule has 0 unspecified atom stereocenters. The molecule has 3 nitrogen and oxygen atoms in total. The molecule has 17 heavy (non-hydrogen) atoms. The summed E-state index contributed by atoms with van der Waals surface area (Å²) in [6.07, 6.45) is 0. The first-order valence-corrected chi connectivity index (χ1v) is 6.40. The third-order valence-corrected chi connectivity index (χ3v) is 3.95. The van der Waals surface area contributed by atoms with E-state index >= 15 is 0 Å². The molecule has 90 valence electrons. The fourth-order valence-corrected chi connectivity index (χ4v) is 2.56. The number of hydrogen-bond donors (Lipinski definition) is 1. The van der Waals surface area contributed by atoms with Crippen LogP contribution >= 0.6 is 11.3 Å². The minimum atomic E-state index is 0.165. The van der Waals surface area contributed by atoms with E-state index in [1.807, 2.05) is 6.92 Å². The maximum Gasteiger partial charge on any atom is 0.171 e. The summed E-state index contributed by atoms with van der Waals surface area (Å²) in [5.41, 5.74) is 6.81. The second-order valence-electron chi connectivity index (χ2n) is 5.17. The monoisotopic (exact) mass is 247 g/mol. The maximum atomic E-state index is 5.74. The highest BCUT2D eigenvalue weighted by Gasteiger charge is 2.17. The zero-order valence-corrected chi connectivity index (χ0v) is 11.4. The number of thiophene rings is 1. The van der Waals surface area contributed by atoms with Crippen LogP contribution in [0.2, 0.25) is 0 Å². The number of aryl methyl sites for hydroxylation is 1. The van der Waals surface area contributed by atoms with E-state index in [9.17, 15) is 0 Å². The molecule has 2 heterocycles. The van der Waals surface area contributed by atoms with Crippen LogP contribution in [-0.2, 0) is 5.41 Å². The van der Waals surface area contributed by atoms with E-state index in [1.165, 1.54) is 4.88 Å². The topological polar surface area (TPSA) is 51.8 Å². The van der Waals surface area contributed by atoms with Crippen LogP contribution < -0.4 is 5.73 Å². The average molecular weight is 247 g/mol. The van der Waals surface area contributed by atoms with E-state index in [4.69, 9.17) is 5.73 Å². The Kier molecular flexibility index (Phi) is 2.91. The second-order valence-corrected chi connectivity index (χ2v) is 6.26. The zero-order chi connectivity index (χ0) is 12.6. The van der Waals surface area contributed by atoms with Gasteiger partial charge in [0, 0.05) is 16.6 Å². The number of nitrogens with two attached hydrogens (primary N) is 1. The Morgan fingerprint density at radius 2 is 1.88 bits per heavy atom. The van der Waals surface area contributed by atoms with Crippen molar-refractivity contribution in [1.29, 1.82) is 0 Å². The molecule has 2 rings (SSSR count). The van der Waals surface area contributed by atoms with Gasteiger partial charge in [-0.1, -0.05) is 20.8 Å². The Balaban J connectivity index is 2.44. The highest BCUT2D eigenvalue weighted by atomic mass is 32.1. The molecule has 0 amide bonds. The van der Waals surface area contributed by atoms with Crippen LogP contribution in [0.5, 0.6) is 0 Å². The van der Waals surface area contributed by atoms with Crippen molar-refractivity contribution >= 4 is 17.2 Å². The summed E-state index contributed by atoms with van der Waals surface area (Å²) in [4.78, 5) is 11.1. The van der Waals surface area contributed by atoms with Crippen LogP contribution in [-0.4, -0.2) is 9.97 Å². The van der Waals surface area contributed by atoms with Gasteiger partial charge in [0.25, 0.3) is 0 Å². The molecular weight excluding hydrogens is 230 g/mol. The highest BCUT2D eigenvalue weighted by molar-refractivity contribution is 7.15. The third-order valence-electron chi connectivity index (χ3n) is 2.44.